The molecule has 0 aliphatic carbocycles. The molecule has 20 heavy (non-hydrogen) atoms. The van der Waals surface area contributed by atoms with E-state index < -0.39 is 0 Å². The molecule has 0 aromatic heterocycles. The first-order valence-corrected chi connectivity index (χ1v) is 7.10. The van der Waals surface area contributed by atoms with E-state index in [4.69, 9.17) is 9.47 Å². The highest BCUT2D eigenvalue weighted by atomic mass is 16.5. The van der Waals surface area contributed by atoms with Crippen LogP contribution in [0.15, 0.2) is 48.5 Å². The second kappa shape index (κ2) is 5.97. The van der Waals surface area contributed by atoms with E-state index in [0.29, 0.717) is 6.61 Å². The molecule has 1 atom stereocenters. The fourth-order valence-corrected chi connectivity index (χ4v) is 2.37. The van der Waals surface area contributed by atoms with Crippen LogP contribution in [0, 0.1) is 0 Å². The molecule has 104 valence electrons. The van der Waals surface area contributed by atoms with Crippen molar-refractivity contribution >= 4 is 0 Å². The van der Waals surface area contributed by atoms with Crippen molar-refractivity contribution in [3.05, 3.63) is 54.1 Å². The van der Waals surface area contributed by atoms with Crippen molar-refractivity contribution in [2.45, 2.75) is 19.4 Å². The standard InChI is InChI=1S/C17H19NO2/c1-2-10-18-16-12-19-17-9-8-14(11-15(16)17)20-13-6-4-3-5-7-13/h3-9,11,16,18H,2,10,12H2,1H3. The van der Waals surface area contributed by atoms with Gasteiger partial charge in [-0.2, -0.15) is 0 Å². The first-order chi connectivity index (χ1) is 9.86. The number of rotatable bonds is 5. The predicted molar refractivity (Wildman–Crippen MR) is 79.5 cm³/mol. The number of nitrogens with one attached hydrogen (secondary N) is 1. The van der Waals surface area contributed by atoms with Gasteiger partial charge in [-0.3, -0.25) is 0 Å². The molecule has 0 amide bonds. The summed E-state index contributed by atoms with van der Waals surface area (Å²) in [4.78, 5) is 0. The summed E-state index contributed by atoms with van der Waals surface area (Å²) in [6.07, 6.45) is 1.12. The Kier molecular flexibility index (Phi) is 3.88. The Morgan fingerprint density at radius 3 is 2.80 bits per heavy atom. The highest BCUT2D eigenvalue weighted by molar-refractivity contribution is 5.46. The first kappa shape index (κ1) is 13.0. The van der Waals surface area contributed by atoms with E-state index in [1.165, 1.54) is 5.56 Å². The minimum absolute atomic E-state index is 0.268. The summed E-state index contributed by atoms with van der Waals surface area (Å²) in [6, 6.07) is 16.1. The van der Waals surface area contributed by atoms with Gasteiger partial charge in [-0.05, 0) is 43.3 Å². The molecule has 3 rings (SSSR count). The van der Waals surface area contributed by atoms with Crippen LogP contribution in [0.3, 0.4) is 0 Å². The Labute approximate surface area is 119 Å². The summed E-state index contributed by atoms with van der Waals surface area (Å²) in [5, 5.41) is 3.50. The summed E-state index contributed by atoms with van der Waals surface area (Å²) in [7, 11) is 0. The van der Waals surface area contributed by atoms with E-state index in [-0.39, 0.29) is 6.04 Å². The van der Waals surface area contributed by atoms with E-state index in [9.17, 15) is 0 Å². The fourth-order valence-electron chi connectivity index (χ4n) is 2.37. The van der Waals surface area contributed by atoms with Gasteiger partial charge in [0, 0.05) is 5.56 Å². The summed E-state index contributed by atoms with van der Waals surface area (Å²) >= 11 is 0. The Bertz CT molecular complexity index is 568. The van der Waals surface area contributed by atoms with Gasteiger partial charge in [0.2, 0.25) is 0 Å². The smallest absolute Gasteiger partial charge is 0.128 e. The van der Waals surface area contributed by atoms with Crippen molar-refractivity contribution in [1.82, 2.24) is 5.32 Å². The molecule has 0 saturated carbocycles. The highest BCUT2D eigenvalue weighted by Gasteiger charge is 2.23. The van der Waals surface area contributed by atoms with Crippen molar-refractivity contribution in [2.24, 2.45) is 0 Å². The van der Waals surface area contributed by atoms with Crippen LogP contribution in [0.25, 0.3) is 0 Å². The maximum atomic E-state index is 5.87. The van der Waals surface area contributed by atoms with Gasteiger partial charge in [0.25, 0.3) is 0 Å². The summed E-state index contributed by atoms with van der Waals surface area (Å²) in [5.74, 6) is 2.66. The maximum absolute atomic E-state index is 5.87. The maximum Gasteiger partial charge on any atom is 0.128 e. The lowest BCUT2D eigenvalue weighted by Crippen LogP contribution is -2.23. The summed E-state index contributed by atoms with van der Waals surface area (Å²) < 4.78 is 11.6. The Morgan fingerprint density at radius 1 is 1.15 bits per heavy atom. The zero-order valence-corrected chi connectivity index (χ0v) is 11.6. The number of hydrogen-bond acceptors (Lipinski definition) is 3. The van der Waals surface area contributed by atoms with Crippen LogP contribution in [0.4, 0.5) is 0 Å². The lowest BCUT2D eigenvalue weighted by Gasteiger charge is -2.12. The predicted octanol–water partition coefficient (Wildman–Crippen LogP) is 3.91. The van der Waals surface area contributed by atoms with Crippen molar-refractivity contribution < 1.29 is 9.47 Å². The average Bonchev–Trinajstić information content (AvgIpc) is 2.89. The zero-order valence-electron chi connectivity index (χ0n) is 11.6. The van der Waals surface area contributed by atoms with Crippen LogP contribution in [0.2, 0.25) is 0 Å². The SMILES string of the molecule is CCCNC1COc2ccc(Oc3ccccc3)cc21. The number of benzene rings is 2. The molecular weight excluding hydrogens is 250 g/mol. The minimum Gasteiger partial charge on any atom is -0.491 e. The van der Waals surface area contributed by atoms with Crippen molar-refractivity contribution in [3.63, 3.8) is 0 Å². The molecule has 1 heterocycles. The Balaban J connectivity index is 1.78. The van der Waals surface area contributed by atoms with E-state index in [1.807, 2.05) is 42.5 Å². The van der Waals surface area contributed by atoms with Gasteiger partial charge in [-0.25, -0.2) is 0 Å². The largest absolute Gasteiger partial charge is 0.491 e. The van der Waals surface area contributed by atoms with Gasteiger partial charge in [0.1, 0.15) is 23.9 Å². The quantitative estimate of drug-likeness (QED) is 0.892. The molecule has 2 aromatic rings. The van der Waals surface area contributed by atoms with Crippen molar-refractivity contribution in [2.75, 3.05) is 13.2 Å². The topological polar surface area (TPSA) is 30.5 Å². The van der Waals surface area contributed by atoms with Crippen molar-refractivity contribution in [1.29, 1.82) is 0 Å². The third kappa shape index (κ3) is 2.78. The fraction of sp³-hybridized carbons (Fsp3) is 0.294. The average molecular weight is 269 g/mol. The van der Waals surface area contributed by atoms with Gasteiger partial charge in [-0.1, -0.05) is 25.1 Å². The minimum atomic E-state index is 0.268. The second-order valence-corrected chi connectivity index (χ2v) is 4.93. The van der Waals surface area contributed by atoms with Gasteiger partial charge in [0.05, 0.1) is 6.04 Å². The zero-order chi connectivity index (χ0) is 13.8. The van der Waals surface area contributed by atoms with Crippen LogP contribution in [0.5, 0.6) is 17.2 Å². The molecule has 0 bridgehead atoms. The van der Waals surface area contributed by atoms with Gasteiger partial charge >= 0.3 is 0 Å². The molecule has 2 aromatic carbocycles. The van der Waals surface area contributed by atoms with Gasteiger partial charge in [-0.15, -0.1) is 0 Å². The molecule has 1 N–H and O–H groups in total. The molecule has 0 fully saturated rings. The van der Waals surface area contributed by atoms with E-state index in [0.717, 1.165) is 30.2 Å². The van der Waals surface area contributed by atoms with Crippen LogP contribution in [-0.4, -0.2) is 13.2 Å². The number of para-hydroxylation sites is 1. The van der Waals surface area contributed by atoms with Crippen LogP contribution < -0.4 is 14.8 Å². The second-order valence-electron chi connectivity index (χ2n) is 4.93. The van der Waals surface area contributed by atoms with Crippen molar-refractivity contribution in [3.8, 4) is 17.2 Å². The number of ether oxygens (including phenoxy) is 2. The molecule has 3 heteroatoms. The van der Waals surface area contributed by atoms with Crippen LogP contribution >= 0.6 is 0 Å². The molecule has 0 radical (unpaired) electrons. The van der Waals surface area contributed by atoms with Gasteiger partial charge < -0.3 is 14.8 Å². The van der Waals surface area contributed by atoms with E-state index >= 15 is 0 Å². The third-order valence-corrected chi connectivity index (χ3v) is 3.38. The summed E-state index contributed by atoms with van der Waals surface area (Å²) in [6.45, 7) is 3.86. The Morgan fingerprint density at radius 2 is 2.00 bits per heavy atom. The molecular formula is C17H19NO2. The van der Waals surface area contributed by atoms with Crippen LogP contribution in [-0.2, 0) is 0 Å². The number of hydrogen-bond donors (Lipinski definition) is 1. The first-order valence-electron chi connectivity index (χ1n) is 7.10. The molecule has 0 saturated heterocycles. The lowest BCUT2D eigenvalue weighted by molar-refractivity contribution is 0.311. The highest BCUT2D eigenvalue weighted by Crippen LogP contribution is 2.36. The van der Waals surface area contributed by atoms with E-state index in [1.54, 1.807) is 0 Å². The number of fused-ring (bicyclic) bond motifs is 1. The third-order valence-electron chi connectivity index (χ3n) is 3.38. The molecule has 3 nitrogen and oxygen atoms in total. The monoisotopic (exact) mass is 269 g/mol. The molecule has 1 aliphatic rings. The van der Waals surface area contributed by atoms with Crippen LogP contribution in [0.1, 0.15) is 24.9 Å². The van der Waals surface area contributed by atoms with E-state index in [2.05, 4.69) is 18.3 Å². The Hall–Kier alpha value is -2.00. The van der Waals surface area contributed by atoms with Gasteiger partial charge in [0.15, 0.2) is 0 Å². The molecule has 0 spiro atoms. The molecule has 1 unspecified atom stereocenters. The molecule has 1 aliphatic heterocycles. The lowest BCUT2D eigenvalue weighted by atomic mass is 10.1. The summed E-state index contributed by atoms with van der Waals surface area (Å²) in [5.41, 5.74) is 1.19. The normalized spacial score (nSPS) is 16.6.